The molecule has 1 saturated heterocycles. The van der Waals surface area contributed by atoms with Crippen LogP contribution >= 0.6 is 0 Å². The number of hydrogen-bond acceptors (Lipinski definition) is 3. The summed E-state index contributed by atoms with van der Waals surface area (Å²) in [5.41, 5.74) is 5.86. The highest BCUT2D eigenvalue weighted by Crippen LogP contribution is 2.21. The fraction of sp³-hybridized carbons (Fsp3) is 0.941. The van der Waals surface area contributed by atoms with Gasteiger partial charge in [0.2, 0.25) is 0 Å². The van der Waals surface area contributed by atoms with Crippen molar-refractivity contribution < 1.29 is 9.53 Å². The van der Waals surface area contributed by atoms with Crippen LogP contribution in [-0.2, 0) is 4.74 Å². The highest BCUT2D eigenvalue weighted by molar-refractivity contribution is 5.68. The van der Waals surface area contributed by atoms with Crippen molar-refractivity contribution in [1.29, 1.82) is 0 Å². The molecule has 1 fully saturated rings. The molecule has 1 rings (SSSR count). The first kappa shape index (κ1) is 18.3. The first-order valence-corrected chi connectivity index (χ1v) is 8.46. The lowest BCUT2D eigenvalue weighted by Gasteiger charge is -2.29. The molecule has 1 aliphatic rings. The minimum atomic E-state index is -0.420. The van der Waals surface area contributed by atoms with E-state index in [0.29, 0.717) is 0 Å². The molecule has 2 N–H and O–H groups in total. The average molecular weight is 298 g/mol. The quantitative estimate of drug-likeness (QED) is 0.733. The van der Waals surface area contributed by atoms with Gasteiger partial charge in [-0.05, 0) is 59.8 Å². The van der Waals surface area contributed by atoms with E-state index in [2.05, 4.69) is 6.92 Å². The number of carbonyl (C=O) groups is 1. The van der Waals surface area contributed by atoms with Gasteiger partial charge in [0.05, 0.1) is 0 Å². The summed E-state index contributed by atoms with van der Waals surface area (Å²) < 4.78 is 5.50. The van der Waals surface area contributed by atoms with Crippen LogP contribution in [0.4, 0.5) is 4.79 Å². The fourth-order valence-electron chi connectivity index (χ4n) is 2.76. The van der Waals surface area contributed by atoms with Crippen molar-refractivity contribution >= 4 is 6.09 Å². The van der Waals surface area contributed by atoms with Gasteiger partial charge in [0.15, 0.2) is 0 Å². The van der Waals surface area contributed by atoms with E-state index in [-0.39, 0.29) is 11.6 Å². The molecular weight excluding hydrogens is 264 g/mol. The third-order valence-corrected chi connectivity index (χ3v) is 4.00. The Kier molecular flexibility index (Phi) is 6.98. The Morgan fingerprint density at radius 3 is 2.05 bits per heavy atom. The van der Waals surface area contributed by atoms with Gasteiger partial charge in [-0.15, -0.1) is 0 Å². The van der Waals surface area contributed by atoms with Gasteiger partial charge in [-0.1, -0.05) is 19.3 Å². The lowest BCUT2D eigenvalue weighted by molar-refractivity contribution is 0.0242. The number of rotatable bonds is 0. The highest BCUT2D eigenvalue weighted by Gasteiger charge is 2.23. The SMILES string of the molecule is CC1(N)CCCCCCN(C(=O)OC(C)(C)C)CCCC1. The molecule has 4 heteroatoms. The lowest BCUT2D eigenvalue weighted by Crippen LogP contribution is -2.39. The van der Waals surface area contributed by atoms with Crippen LogP contribution in [0.5, 0.6) is 0 Å². The summed E-state index contributed by atoms with van der Waals surface area (Å²) >= 11 is 0. The van der Waals surface area contributed by atoms with E-state index in [1.165, 1.54) is 12.8 Å². The number of ether oxygens (including phenoxy) is 1. The van der Waals surface area contributed by atoms with E-state index in [0.717, 1.165) is 51.6 Å². The molecule has 21 heavy (non-hydrogen) atoms. The second kappa shape index (κ2) is 8.02. The van der Waals surface area contributed by atoms with Crippen LogP contribution in [0.2, 0.25) is 0 Å². The van der Waals surface area contributed by atoms with Gasteiger partial charge in [-0.2, -0.15) is 0 Å². The molecule has 0 aromatic carbocycles. The van der Waals surface area contributed by atoms with Crippen LogP contribution < -0.4 is 5.73 Å². The number of nitrogens with zero attached hydrogens (tertiary/aromatic N) is 1. The van der Waals surface area contributed by atoms with Gasteiger partial charge in [0.1, 0.15) is 5.60 Å². The number of hydrogen-bond donors (Lipinski definition) is 1. The predicted molar refractivity (Wildman–Crippen MR) is 87.3 cm³/mol. The van der Waals surface area contributed by atoms with E-state index in [1.54, 1.807) is 0 Å². The fourth-order valence-corrected chi connectivity index (χ4v) is 2.76. The van der Waals surface area contributed by atoms with E-state index >= 15 is 0 Å². The first-order chi connectivity index (χ1) is 9.70. The minimum absolute atomic E-state index is 0.0457. The van der Waals surface area contributed by atoms with Crippen molar-refractivity contribution in [3.8, 4) is 0 Å². The molecule has 124 valence electrons. The summed E-state index contributed by atoms with van der Waals surface area (Å²) in [6, 6.07) is 0. The lowest BCUT2D eigenvalue weighted by atomic mass is 9.89. The molecule has 4 nitrogen and oxygen atoms in total. The van der Waals surface area contributed by atoms with Crippen molar-refractivity contribution in [2.24, 2.45) is 5.73 Å². The molecule has 1 aliphatic heterocycles. The highest BCUT2D eigenvalue weighted by atomic mass is 16.6. The van der Waals surface area contributed by atoms with Crippen LogP contribution in [0.25, 0.3) is 0 Å². The molecule has 0 aromatic heterocycles. The van der Waals surface area contributed by atoms with E-state index in [1.807, 2.05) is 25.7 Å². The van der Waals surface area contributed by atoms with Crippen molar-refractivity contribution in [3.63, 3.8) is 0 Å². The van der Waals surface area contributed by atoms with Gasteiger partial charge < -0.3 is 15.4 Å². The van der Waals surface area contributed by atoms with E-state index in [9.17, 15) is 4.79 Å². The number of amides is 1. The summed E-state index contributed by atoms with van der Waals surface area (Å²) in [6.07, 6.45) is 8.68. The van der Waals surface area contributed by atoms with Crippen LogP contribution in [0, 0.1) is 0 Å². The molecule has 1 heterocycles. The predicted octanol–water partition coefficient (Wildman–Crippen LogP) is 4.08. The van der Waals surface area contributed by atoms with Crippen LogP contribution in [0.15, 0.2) is 0 Å². The second-order valence-corrected chi connectivity index (χ2v) is 7.74. The second-order valence-electron chi connectivity index (χ2n) is 7.74. The Morgan fingerprint density at radius 2 is 1.48 bits per heavy atom. The van der Waals surface area contributed by atoms with Crippen LogP contribution in [0.1, 0.15) is 79.1 Å². The molecule has 1 atom stereocenters. The normalized spacial score (nSPS) is 26.6. The van der Waals surface area contributed by atoms with Gasteiger partial charge >= 0.3 is 6.09 Å². The Hall–Kier alpha value is -0.770. The van der Waals surface area contributed by atoms with Crippen molar-refractivity contribution in [1.82, 2.24) is 4.90 Å². The Bertz CT molecular complexity index is 321. The Labute approximate surface area is 130 Å². The zero-order valence-electron chi connectivity index (χ0n) is 14.4. The molecule has 0 aliphatic carbocycles. The monoisotopic (exact) mass is 298 g/mol. The topological polar surface area (TPSA) is 55.6 Å². The molecule has 0 aromatic rings. The van der Waals surface area contributed by atoms with Gasteiger partial charge in [0.25, 0.3) is 0 Å². The summed E-state index contributed by atoms with van der Waals surface area (Å²) in [5.74, 6) is 0. The molecule has 0 radical (unpaired) electrons. The maximum atomic E-state index is 12.2. The molecule has 0 saturated carbocycles. The van der Waals surface area contributed by atoms with E-state index < -0.39 is 5.60 Å². The summed E-state index contributed by atoms with van der Waals surface area (Å²) in [7, 11) is 0. The molecule has 1 unspecified atom stereocenters. The summed E-state index contributed by atoms with van der Waals surface area (Å²) in [6.45, 7) is 9.51. The van der Waals surface area contributed by atoms with Gasteiger partial charge in [-0.25, -0.2) is 4.79 Å². The van der Waals surface area contributed by atoms with Crippen molar-refractivity contribution in [2.45, 2.75) is 90.2 Å². The van der Waals surface area contributed by atoms with Crippen LogP contribution in [-0.4, -0.2) is 35.2 Å². The molecular formula is C17H34N2O2. The van der Waals surface area contributed by atoms with Crippen molar-refractivity contribution in [2.75, 3.05) is 13.1 Å². The maximum Gasteiger partial charge on any atom is 0.410 e. The molecule has 0 bridgehead atoms. The van der Waals surface area contributed by atoms with Crippen LogP contribution in [0.3, 0.4) is 0 Å². The molecule has 1 amide bonds. The zero-order chi connectivity index (χ0) is 15.9. The smallest absolute Gasteiger partial charge is 0.410 e. The molecule has 0 spiro atoms. The largest absolute Gasteiger partial charge is 0.444 e. The third-order valence-electron chi connectivity index (χ3n) is 4.00. The van der Waals surface area contributed by atoms with E-state index in [4.69, 9.17) is 10.5 Å². The average Bonchev–Trinajstić information content (AvgIpc) is 2.31. The van der Waals surface area contributed by atoms with Gasteiger partial charge in [0, 0.05) is 18.6 Å². The Balaban J connectivity index is 2.54. The standard InChI is InChI=1S/C17H34N2O2/c1-16(2,3)21-15(20)19-13-9-6-5-7-11-17(4,18)12-8-10-14-19/h5-14,18H2,1-4H3. The number of nitrogens with two attached hydrogens (primary N) is 1. The maximum absolute atomic E-state index is 12.2. The summed E-state index contributed by atoms with van der Waals surface area (Å²) in [4.78, 5) is 14.1. The minimum Gasteiger partial charge on any atom is -0.444 e. The summed E-state index contributed by atoms with van der Waals surface area (Å²) in [5, 5.41) is 0. The number of carbonyl (C=O) groups excluding carboxylic acids is 1. The Morgan fingerprint density at radius 1 is 1.00 bits per heavy atom. The first-order valence-electron chi connectivity index (χ1n) is 8.46. The third kappa shape index (κ3) is 8.30. The van der Waals surface area contributed by atoms with Crippen molar-refractivity contribution in [3.05, 3.63) is 0 Å². The van der Waals surface area contributed by atoms with Gasteiger partial charge in [-0.3, -0.25) is 0 Å². The zero-order valence-corrected chi connectivity index (χ0v) is 14.4.